The van der Waals surface area contributed by atoms with Crippen molar-refractivity contribution in [3.05, 3.63) is 35.4 Å². The van der Waals surface area contributed by atoms with Crippen LogP contribution in [0, 0.1) is 5.92 Å². The Balaban J connectivity index is 1.41. The SMILES string of the molecule is CC(=O)N1CCN(CCNC(=O)C2CC2c2cccc(C(F)(F)F)c2)CC1. The average Bonchev–Trinajstić information content (AvgIpc) is 3.42. The highest BCUT2D eigenvalue weighted by atomic mass is 19.4. The molecule has 148 valence electrons. The lowest BCUT2D eigenvalue weighted by molar-refractivity contribution is -0.137. The molecule has 1 aliphatic heterocycles. The minimum atomic E-state index is -4.37. The van der Waals surface area contributed by atoms with Gasteiger partial charge in [0, 0.05) is 52.1 Å². The van der Waals surface area contributed by atoms with Gasteiger partial charge in [-0.1, -0.05) is 18.2 Å². The van der Waals surface area contributed by atoms with Gasteiger partial charge in [-0.25, -0.2) is 0 Å². The van der Waals surface area contributed by atoms with E-state index in [-0.39, 0.29) is 23.7 Å². The van der Waals surface area contributed by atoms with Gasteiger partial charge in [0.2, 0.25) is 11.8 Å². The van der Waals surface area contributed by atoms with E-state index in [1.165, 1.54) is 6.07 Å². The van der Waals surface area contributed by atoms with Crippen LogP contribution in [0.15, 0.2) is 24.3 Å². The molecule has 27 heavy (non-hydrogen) atoms. The van der Waals surface area contributed by atoms with Crippen LogP contribution in [0.5, 0.6) is 0 Å². The van der Waals surface area contributed by atoms with Crippen molar-refractivity contribution in [2.24, 2.45) is 5.92 Å². The maximum Gasteiger partial charge on any atom is 0.416 e. The summed E-state index contributed by atoms with van der Waals surface area (Å²) >= 11 is 0. The number of nitrogens with one attached hydrogen (secondary N) is 1. The van der Waals surface area contributed by atoms with Crippen LogP contribution in [0.4, 0.5) is 13.2 Å². The number of nitrogens with zero attached hydrogens (tertiary/aromatic N) is 2. The molecule has 1 heterocycles. The maximum absolute atomic E-state index is 12.8. The van der Waals surface area contributed by atoms with Crippen molar-refractivity contribution in [3.8, 4) is 0 Å². The summed E-state index contributed by atoms with van der Waals surface area (Å²) in [6.07, 6.45) is -3.78. The van der Waals surface area contributed by atoms with Crippen molar-refractivity contribution in [1.29, 1.82) is 0 Å². The molecule has 1 aromatic carbocycles. The lowest BCUT2D eigenvalue weighted by atomic mass is 10.1. The summed E-state index contributed by atoms with van der Waals surface area (Å²) in [6.45, 7) is 5.74. The number of rotatable bonds is 5. The van der Waals surface area contributed by atoms with Crippen LogP contribution >= 0.6 is 0 Å². The first-order valence-corrected chi connectivity index (χ1v) is 9.18. The van der Waals surface area contributed by atoms with E-state index in [0.717, 1.165) is 25.2 Å². The summed E-state index contributed by atoms with van der Waals surface area (Å²) in [5, 5.41) is 2.89. The standard InChI is InChI=1S/C19H24F3N3O2/c1-13(26)25-9-7-24(8-10-25)6-5-23-18(27)17-12-16(17)14-3-2-4-15(11-14)19(20,21)22/h2-4,11,16-17H,5-10,12H2,1H3,(H,23,27). The molecular weight excluding hydrogens is 359 g/mol. The molecule has 2 unspecified atom stereocenters. The molecule has 2 aliphatic rings. The Labute approximate surface area is 156 Å². The minimum absolute atomic E-state index is 0.0809. The molecule has 0 spiro atoms. The highest BCUT2D eigenvalue weighted by Gasteiger charge is 2.44. The molecule has 5 nitrogen and oxygen atoms in total. The van der Waals surface area contributed by atoms with Crippen LogP contribution in [0.25, 0.3) is 0 Å². The first-order valence-electron chi connectivity index (χ1n) is 9.18. The van der Waals surface area contributed by atoms with Gasteiger partial charge in [0.05, 0.1) is 5.56 Å². The van der Waals surface area contributed by atoms with Crippen molar-refractivity contribution in [1.82, 2.24) is 15.1 Å². The average molecular weight is 383 g/mol. The summed E-state index contributed by atoms with van der Waals surface area (Å²) in [6, 6.07) is 5.24. The van der Waals surface area contributed by atoms with E-state index in [0.29, 0.717) is 38.2 Å². The molecule has 0 radical (unpaired) electrons. The van der Waals surface area contributed by atoms with Gasteiger partial charge in [0.15, 0.2) is 0 Å². The van der Waals surface area contributed by atoms with E-state index in [1.807, 2.05) is 0 Å². The summed E-state index contributed by atoms with van der Waals surface area (Å²) < 4.78 is 38.4. The molecule has 0 aromatic heterocycles. The predicted octanol–water partition coefficient (Wildman–Crippen LogP) is 2.09. The van der Waals surface area contributed by atoms with Crippen LogP contribution in [-0.4, -0.2) is 60.9 Å². The van der Waals surface area contributed by atoms with Crippen LogP contribution < -0.4 is 5.32 Å². The summed E-state index contributed by atoms with van der Waals surface area (Å²) in [5.41, 5.74) is -0.0962. The molecule has 3 rings (SSSR count). The number of amides is 2. The van der Waals surface area contributed by atoms with Gasteiger partial charge in [-0.2, -0.15) is 13.2 Å². The van der Waals surface area contributed by atoms with Crippen LogP contribution in [-0.2, 0) is 15.8 Å². The number of carbonyl (C=O) groups excluding carboxylic acids is 2. The molecule has 1 aliphatic carbocycles. The monoisotopic (exact) mass is 383 g/mol. The van der Waals surface area contributed by atoms with E-state index >= 15 is 0 Å². The third-order valence-corrected chi connectivity index (χ3v) is 5.31. The maximum atomic E-state index is 12.8. The van der Waals surface area contributed by atoms with Crippen LogP contribution in [0.3, 0.4) is 0 Å². The van der Waals surface area contributed by atoms with Gasteiger partial charge in [0.1, 0.15) is 0 Å². The predicted molar refractivity (Wildman–Crippen MR) is 94.0 cm³/mol. The second-order valence-electron chi connectivity index (χ2n) is 7.21. The van der Waals surface area contributed by atoms with Gasteiger partial charge in [0.25, 0.3) is 0 Å². The Hall–Kier alpha value is -2.09. The smallest absolute Gasteiger partial charge is 0.355 e. The number of carbonyl (C=O) groups is 2. The Kier molecular flexibility index (Phi) is 5.74. The number of hydrogen-bond donors (Lipinski definition) is 1. The minimum Gasteiger partial charge on any atom is -0.355 e. The zero-order chi connectivity index (χ0) is 19.6. The number of halogens is 3. The molecule has 2 atom stereocenters. The molecule has 0 bridgehead atoms. The van der Waals surface area contributed by atoms with Crippen molar-refractivity contribution >= 4 is 11.8 Å². The van der Waals surface area contributed by atoms with Crippen molar-refractivity contribution < 1.29 is 22.8 Å². The Morgan fingerprint density at radius 2 is 1.89 bits per heavy atom. The molecule has 2 amide bonds. The fraction of sp³-hybridized carbons (Fsp3) is 0.579. The number of hydrogen-bond acceptors (Lipinski definition) is 3. The number of alkyl halides is 3. The largest absolute Gasteiger partial charge is 0.416 e. The van der Waals surface area contributed by atoms with Crippen molar-refractivity contribution in [2.45, 2.75) is 25.4 Å². The van der Waals surface area contributed by atoms with Crippen molar-refractivity contribution in [2.75, 3.05) is 39.3 Å². The third-order valence-electron chi connectivity index (χ3n) is 5.31. The van der Waals surface area contributed by atoms with E-state index in [9.17, 15) is 22.8 Å². The molecule has 1 N–H and O–H groups in total. The molecular formula is C19H24F3N3O2. The Bertz CT molecular complexity index is 700. The van der Waals surface area contributed by atoms with Gasteiger partial charge in [-0.15, -0.1) is 0 Å². The molecule has 1 aromatic rings. The van der Waals surface area contributed by atoms with Crippen LogP contribution in [0.2, 0.25) is 0 Å². The van der Waals surface area contributed by atoms with E-state index in [1.54, 1.807) is 17.9 Å². The molecule has 1 saturated carbocycles. The topological polar surface area (TPSA) is 52.7 Å². The van der Waals surface area contributed by atoms with Crippen LogP contribution in [0.1, 0.15) is 30.4 Å². The highest BCUT2D eigenvalue weighted by molar-refractivity contribution is 5.82. The van der Waals surface area contributed by atoms with Gasteiger partial charge < -0.3 is 10.2 Å². The number of benzene rings is 1. The van der Waals surface area contributed by atoms with Gasteiger partial charge in [-0.3, -0.25) is 14.5 Å². The second-order valence-corrected chi connectivity index (χ2v) is 7.21. The number of piperazine rings is 1. The fourth-order valence-electron chi connectivity index (χ4n) is 3.55. The third kappa shape index (κ3) is 5.00. The Morgan fingerprint density at radius 1 is 1.19 bits per heavy atom. The molecule has 8 heteroatoms. The fourth-order valence-corrected chi connectivity index (χ4v) is 3.55. The highest BCUT2D eigenvalue weighted by Crippen LogP contribution is 2.48. The molecule has 1 saturated heterocycles. The first-order chi connectivity index (χ1) is 12.8. The van der Waals surface area contributed by atoms with E-state index < -0.39 is 11.7 Å². The summed E-state index contributed by atoms with van der Waals surface area (Å²) in [4.78, 5) is 27.5. The zero-order valence-electron chi connectivity index (χ0n) is 15.3. The first kappa shape index (κ1) is 19.7. The van der Waals surface area contributed by atoms with E-state index in [2.05, 4.69) is 10.2 Å². The van der Waals surface area contributed by atoms with E-state index in [4.69, 9.17) is 0 Å². The molecule has 2 fully saturated rings. The normalized spacial score (nSPS) is 23.2. The van der Waals surface area contributed by atoms with Gasteiger partial charge >= 0.3 is 6.18 Å². The second kappa shape index (κ2) is 7.88. The van der Waals surface area contributed by atoms with Gasteiger partial charge in [-0.05, 0) is 24.0 Å². The lowest BCUT2D eigenvalue weighted by Gasteiger charge is -2.34. The quantitative estimate of drug-likeness (QED) is 0.847. The summed E-state index contributed by atoms with van der Waals surface area (Å²) in [5.74, 6) is -0.397. The summed E-state index contributed by atoms with van der Waals surface area (Å²) in [7, 11) is 0. The van der Waals surface area contributed by atoms with Crippen molar-refractivity contribution in [3.63, 3.8) is 0 Å². The zero-order valence-corrected chi connectivity index (χ0v) is 15.3. The Morgan fingerprint density at radius 3 is 2.52 bits per heavy atom. The lowest BCUT2D eigenvalue weighted by Crippen LogP contribution is -2.49.